The molecule has 2 aromatic rings. The van der Waals surface area contributed by atoms with E-state index in [-0.39, 0.29) is 5.92 Å². The molecular weight excluding hydrogens is 250 g/mol. The maximum atomic E-state index is 5.39. The molecule has 0 amide bonds. The van der Waals surface area contributed by atoms with Gasteiger partial charge in [-0.1, -0.05) is 48.8 Å². The second-order valence-electron chi connectivity index (χ2n) is 5.35. The Balaban J connectivity index is 2.03. The standard InChI is InChI=1S/C16H23N3O/c1-5-17-13(4)12(3)16-18-15(19-20-16)10-14-8-6-11(2)7-9-14/h6-9,12-13,17H,5,10H2,1-4H3. The van der Waals surface area contributed by atoms with Crippen LogP contribution in [0.3, 0.4) is 0 Å². The predicted octanol–water partition coefficient (Wildman–Crippen LogP) is 3.07. The van der Waals surface area contributed by atoms with E-state index in [0.717, 1.165) is 12.4 Å². The van der Waals surface area contributed by atoms with Gasteiger partial charge in [0.05, 0.1) is 5.92 Å². The number of nitrogens with zero attached hydrogens (tertiary/aromatic N) is 2. The summed E-state index contributed by atoms with van der Waals surface area (Å²) >= 11 is 0. The molecular formula is C16H23N3O. The molecule has 1 heterocycles. The molecule has 108 valence electrons. The van der Waals surface area contributed by atoms with Crippen molar-refractivity contribution in [2.45, 2.75) is 46.1 Å². The zero-order chi connectivity index (χ0) is 14.5. The fraction of sp³-hybridized carbons (Fsp3) is 0.500. The van der Waals surface area contributed by atoms with Gasteiger partial charge in [-0.2, -0.15) is 4.98 Å². The second-order valence-corrected chi connectivity index (χ2v) is 5.35. The van der Waals surface area contributed by atoms with Crippen molar-refractivity contribution >= 4 is 0 Å². The number of hydrogen-bond acceptors (Lipinski definition) is 4. The summed E-state index contributed by atoms with van der Waals surface area (Å²) in [6, 6.07) is 8.75. The van der Waals surface area contributed by atoms with Crippen molar-refractivity contribution in [3.8, 4) is 0 Å². The van der Waals surface area contributed by atoms with Crippen LogP contribution >= 0.6 is 0 Å². The number of nitrogens with one attached hydrogen (secondary N) is 1. The first-order valence-corrected chi connectivity index (χ1v) is 7.21. The Morgan fingerprint density at radius 2 is 1.90 bits per heavy atom. The van der Waals surface area contributed by atoms with Crippen LogP contribution in [-0.4, -0.2) is 22.7 Å². The van der Waals surface area contributed by atoms with Crippen LogP contribution in [0.4, 0.5) is 0 Å². The van der Waals surface area contributed by atoms with E-state index in [1.165, 1.54) is 11.1 Å². The molecule has 0 saturated heterocycles. The number of aryl methyl sites for hydroxylation is 1. The molecule has 0 saturated carbocycles. The van der Waals surface area contributed by atoms with E-state index in [0.29, 0.717) is 18.4 Å². The normalized spacial score (nSPS) is 14.2. The van der Waals surface area contributed by atoms with E-state index in [9.17, 15) is 0 Å². The molecule has 0 aliphatic rings. The third kappa shape index (κ3) is 3.67. The molecule has 2 unspecified atom stereocenters. The lowest BCUT2D eigenvalue weighted by Gasteiger charge is -2.16. The maximum Gasteiger partial charge on any atom is 0.231 e. The molecule has 4 heteroatoms. The second kappa shape index (κ2) is 6.66. The minimum absolute atomic E-state index is 0.217. The third-order valence-electron chi connectivity index (χ3n) is 3.63. The van der Waals surface area contributed by atoms with Crippen molar-refractivity contribution in [3.63, 3.8) is 0 Å². The van der Waals surface area contributed by atoms with Gasteiger partial charge in [0.15, 0.2) is 5.82 Å². The van der Waals surface area contributed by atoms with Gasteiger partial charge >= 0.3 is 0 Å². The maximum absolute atomic E-state index is 5.39. The van der Waals surface area contributed by atoms with Gasteiger partial charge in [-0.3, -0.25) is 0 Å². The van der Waals surface area contributed by atoms with E-state index in [4.69, 9.17) is 4.52 Å². The highest BCUT2D eigenvalue weighted by atomic mass is 16.5. The van der Waals surface area contributed by atoms with Gasteiger partial charge in [0.25, 0.3) is 0 Å². The van der Waals surface area contributed by atoms with Crippen molar-refractivity contribution in [1.29, 1.82) is 0 Å². The zero-order valence-corrected chi connectivity index (χ0v) is 12.7. The molecule has 0 aliphatic heterocycles. The number of hydrogen-bond donors (Lipinski definition) is 1. The van der Waals surface area contributed by atoms with Crippen LogP contribution in [0.15, 0.2) is 28.8 Å². The number of aromatic nitrogens is 2. The van der Waals surface area contributed by atoms with E-state index in [1.54, 1.807) is 0 Å². The monoisotopic (exact) mass is 273 g/mol. The number of rotatable bonds is 6. The molecule has 0 radical (unpaired) electrons. The van der Waals surface area contributed by atoms with Gasteiger partial charge in [-0.05, 0) is 26.0 Å². The van der Waals surface area contributed by atoms with Gasteiger partial charge in [-0.25, -0.2) is 0 Å². The van der Waals surface area contributed by atoms with Crippen LogP contribution in [0.5, 0.6) is 0 Å². The summed E-state index contributed by atoms with van der Waals surface area (Å²) in [7, 11) is 0. The molecule has 0 spiro atoms. The first kappa shape index (κ1) is 14.7. The predicted molar refractivity (Wildman–Crippen MR) is 79.8 cm³/mol. The lowest BCUT2D eigenvalue weighted by atomic mass is 10.0. The Kier molecular flexibility index (Phi) is 4.90. The van der Waals surface area contributed by atoms with Crippen LogP contribution in [0.1, 0.15) is 49.5 Å². The van der Waals surface area contributed by atoms with Gasteiger partial charge in [-0.15, -0.1) is 0 Å². The number of benzene rings is 1. The fourth-order valence-corrected chi connectivity index (χ4v) is 2.13. The minimum atomic E-state index is 0.217. The molecule has 1 aromatic carbocycles. The summed E-state index contributed by atoms with van der Waals surface area (Å²) in [5.41, 5.74) is 2.46. The lowest BCUT2D eigenvalue weighted by molar-refractivity contribution is 0.330. The van der Waals surface area contributed by atoms with Crippen molar-refractivity contribution < 1.29 is 4.52 Å². The Bertz CT molecular complexity index is 533. The summed E-state index contributed by atoms with van der Waals surface area (Å²) in [6.07, 6.45) is 0.714. The molecule has 1 aromatic heterocycles. The largest absolute Gasteiger partial charge is 0.339 e. The lowest BCUT2D eigenvalue weighted by Crippen LogP contribution is -2.30. The molecule has 0 aliphatic carbocycles. The molecule has 20 heavy (non-hydrogen) atoms. The van der Waals surface area contributed by atoms with Crippen molar-refractivity contribution in [1.82, 2.24) is 15.5 Å². The SMILES string of the molecule is CCNC(C)C(C)c1nc(Cc2ccc(C)cc2)no1. The van der Waals surface area contributed by atoms with Crippen molar-refractivity contribution in [2.75, 3.05) is 6.54 Å². The third-order valence-corrected chi connectivity index (χ3v) is 3.63. The molecule has 2 rings (SSSR count). The van der Waals surface area contributed by atoms with Crippen molar-refractivity contribution in [2.24, 2.45) is 0 Å². The highest BCUT2D eigenvalue weighted by molar-refractivity contribution is 5.23. The van der Waals surface area contributed by atoms with Crippen LogP contribution < -0.4 is 5.32 Å². The fourth-order valence-electron chi connectivity index (χ4n) is 2.13. The van der Waals surface area contributed by atoms with Gasteiger partial charge in [0.2, 0.25) is 5.89 Å². The quantitative estimate of drug-likeness (QED) is 0.878. The Labute approximate surface area is 120 Å². The smallest absolute Gasteiger partial charge is 0.231 e. The highest BCUT2D eigenvalue weighted by Crippen LogP contribution is 2.18. The van der Waals surface area contributed by atoms with E-state index in [2.05, 4.69) is 67.4 Å². The summed E-state index contributed by atoms with van der Waals surface area (Å²) in [5.74, 6) is 1.68. The zero-order valence-electron chi connectivity index (χ0n) is 12.7. The minimum Gasteiger partial charge on any atom is -0.339 e. The molecule has 2 atom stereocenters. The van der Waals surface area contributed by atoms with E-state index >= 15 is 0 Å². The van der Waals surface area contributed by atoms with Gasteiger partial charge in [0.1, 0.15) is 0 Å². The molecule has 0 bridgehead atoms. The molecule has 0 fully saturated rings. The Morgan fingerprint density at radius 3 is 2.55 bits per heavy atom. The van der Waals surface area contributed by atoms with Gasteiger partial charge < -0.3 is 9.84 Å². The Hall–Kier alpha value is -1.68. The first-order valence-electron chi connectivity index (χ1n) is 7.21. The van der Waals surface area contributed by atoms with Crippen LogP contribution in [0.2, 0.25) is 0 Å². The molecule has 4 nitrogen and oxygen atoms in total. The summed E-state index contributed by atoms with van der Waals surface area (Å²) in [4.78, 5) is 4.51. The Morgan fingerprint density at radius 1 is 1.20 bits per heavy atom. The number of likely N-dealkylation sites (N-methyl/N-ethyl adjacent to an activating group) is 1. The van der Waals surface area contributed by atoms with Crippen molar-refractivity contribution in [3.05, 3.63) is 47.1 Å². The van der Waals surface area contributed by atoms with E-state index in [1.807, 2.05) is 0 Å². The highest BCUT2D eigenvalue weighted by Gasteiger charge is 2.19. The van der Waals surface area contributed by atoms with Gasteiger partial charge in [0, 0.05) is 12.5 Å². The molecule has 1 N–H and O–H groups in total. The average molecular weight is 273 g/mol. The van der Waals surface area contributed by atoms with Crippen LogP contribution in [0, 0.1) is 6.92 Å². The van der Waals surface area contributed by atoms with E-state index < -0.39 is 0 Å². The summed E-state index contributed by atoms with van der Waals surface area (Å²) in [5, 5.41) is 7.46. The van der Waals surface area contributed by atoms with Crippen LogP contribution in [-0.2, 0) is 6.42 Å². The summed E-state index contributed by atoms with van der Waals surface area (Å²) < 4.78 is 5.39. The first-order chi connectivity index (χ1) is 9.60. The summed E-state index contributed by atoms with van der Waals surface area (Å²) in [6.45, 7) is 9.37. The van der Waals surface area contributed by atoms with Crippen LogP contribution in [0.25, 0.3) is 0 Å². The average Bonchev–Trinajstić information content (AvgIpc) is 2.89. The topological polar surface area (TPSA) is 51.0 Å².